The number of nitrogens with zero attached hydrogens (tertiary/aromatic N) is 2. The standard InChI is InChI=1S/C24H38N2O5/c1-16(2)4-5-21-23(3,31-21)20-10-19(6-8-24(20)15-29-24)30-22(28)26-11-17(12-26)7-9-25-13-18(27)14-25/h4,17-21,27H,5-15H2,1-3H3/t19?,20?,21-,23-,24?/m1/s1. The zero-order valence-corrected chi connectivity index (χ0v) is 19.2. The van der Waals surface area contributed by atoms with E-state index in [1.54, 1.807) is 0 Å². The van der Waals surface area contributed by atoms with Gasteiger partial charge in [-0.25, -0.2) is 4.79 Å². The molecule has 0 radical (unpaired) electrons. The van der Waals surface area contributed by atoms with Gasteiger partial charge in [0.15, 0.2) is 0 Å². The number of carbonyl (C=O) groups excluding carboxylic acids is 1. The number of β-amino-alcohol motifs (C(OH)–C–C–N with tert-alkyl or cyclic N) is 1. The predicted octanol–water partition coefficient (Wildman–Crippen LogP) is 2.57. The van der Waals surface area contributed by atoms with Gasteiger partial charge in [-0.15, -0.1) is 0 Å². The first-order valence-corrected chi connectivity index (χ1v) is 12.1. The summed E-state index contributed by atoms with van der Waals surface area (Å²) >= 11 is 0. The molecule has 5 atom stereocenters. The van der Waals surface area contributed by atoms with Crippen LogP contribution in [0.25, 0.3) is 0 Å². The van der Waals surface area contributed by atoms with Gasteiger partial charge in [-0.2, -0.15) is 0 Å². The van der Waals surface area contributed by atoms with E-state index < -0.39 is 0 Å². The molecule has 0 aromatic rings. The first-order valence-electron chi connectivity index (χ1n) is 12.1. The quantitative estimate of drug-likeness (QED) is 0.490. The van der Waals surface area contributed by atoms with Crippen LogP contribution >= 0.6 is 0 Å². The Bertz CT molecular complexity index is 721. The molecule has 1 spiro atoms. The Morgan fingerprint density at radius 1 is 1.26 bits per heavy atom. The van der Waals surface area contributed by atoms with Crippen molar-refractivity contribution in [2.24, 2.45) is 11.8 Å². The van der Waals surface area contributed by atoms with Crippen molar-refractivity contribution in [1.82, 2.24) is 9.80 Å². The second-order valence-electron chi connectivity index (χ2n) is 11.0. The van der Waals surface area contributed by atoms with Crippen molar-refractivity contribution in [3.63, 3.8) is 0 Å². The van der Waals surface area contributed by atoms with E-state index in [2.05, 4.69) is 31.7 Å². The number of epoxide rings is 2. The number of rotatable bonds is 7. The van der Waals surface area contributed by atoms with Gasteiger partial charge in [-0.05, 0) is 65.3 Å². The summed E-state index contributed by atoms with van der Waals surface area (Å²) in [6, 6.07) is 0. The molecule has 31 heavy (non-hydrogen) atoms. The molecule has 5 fully saturated rings. The normalized spacial score (nSPS) is 40.3. The molecule has 7 heteroatoms. The third kappa shape index (κ3) is 4.39. The van der Waals surface area contributed by atoms with Gasteiger partial charge in [0.25, 0.3) is 0 Å². The van der Waals surface area contributed by atoms with E-state index in [1.807, 2.05) is 4.90 Å². The number of ether oxygens (including phenoxy) is 3. The van der Waals surface area contributed by atoms with Crippen molar-refractivity contribution < 1.29 is 24.1 Å². The molecule has 5 rings (SSSR count). The van der Waals surface area contributed by atoms with Crippen LogP contribution in [-0.2, 0) is 14.2 Å². The molecular formula is C24H38N2O5. The molecule has 4 saturated heterocycles. The third-order valence-corrected chi connectivity index (χ3v) is 8.22. The number of allylic oxidation sites excluding steroid dienone is 1. The fourth-order valence-electron chi connectivity index (χ4n) is 5.89. The smallest absolute Gasteiger partial charge is 0.410 e. The minimum absolute atomic E-state index is 0.0425. The topological polar surface area (TPSA) is 78.1 Å². The number of aliphatic hydroxyl groups is 1. The second kappa shape index (κ2) is 8.01. The van der Waals surface area contributed by atoms with E-state index in [1.165, 1.54) is 5.57 Å². The van der Waals surface area contributed by atoms with Crippen LogP contribution in [0.2, 0.25) is 0 Å². The highest BCUT2D eigenvalue weighted by Gasteiger charge is 2.68. The first kappa shape index (κ1) is 21.7. The second-order valence-corrected chi connectivity index (χ2v) is 11.0. The van der Waals surface area contributed by atoms with E-state index >= 15 is 0 Å². The Morgan fingerprint density at radius 3 is 2.65 bits per heavy atom. The SMILES string of the molecule is CC(C)=CC[C@H]1O[C@]1(C)C1CC(OC(=O)N2CC(CCN3CC(O)C3)C2)CCC12CO2. The van der Waals surface area contributed by atoms with Crippen LogP contribution < -0.4 is 0 Å². The van der Waals surface area contributed by atoms with Crippen LogP contribution in [-0.4, -0.2) is 89.8 Å². The summed E-state index contributed by atoms with van der Waals surface area (Å²) in [5, 5.41) is 9.37. The molecule has 174 valence electrons. The number of amides is 1. The third-order valence-electron chi connectivity index (χ3n) is 8.22. The van der Waals surface area contributed by atoms with Crippen molar-refractivity contribution in [2.75, 3.05) is 39.3 Å². The zero-order valence-electron chi connectivity index (χ0n) is 19.2. The average Bonchev–Trinajstić information content (AvgIpc) is 3.56. The number of carbonyl (C=O) groups is 1. The molecule has 0 aromatic heterocycles. The molecule has 1 saturated carbocycles. The zero-order chi connectivity index (χ0) is 21.8. The van der Waals surface area contributed by atoms with E-state index in [0.717, 1.165) is 71.4 Å². The lowest BCUT2D eigenvalue weighted by atomic mass is 9.70. The minimum atomic E-state index is -0.167. The summed E-state index contributed by atoms with van der Waals surface area (Å²) < 4.78 is 18.1. The van der Waals surface area contributed by atoms with Crippen LogP contribution in [0.15, 0.2) is 11.6 Å². The predicted molar refractivity (Wildman–Crippen MR) is 116 cm³/mol. The Balaban J connectivity index is 1.08. The van der Waals surface area contributed by atoms with Gasteiger partial charge in [0.1, 0.15) is 6.10 Å². The minimum Gasteiger partial charge on any atom is -0.446 e. The van der Waals surface area contributed by atoms with Crippen molar-refractivity contribution in [3.8, 4) is 0 Å². The molecule has 0 bridgehead atoms. The van der Waals surface area contributed by atoms with Gasteiger partial charge in [0.05, 0.1) is 30.0 Å². The molecule has 0 aromatic carbocycles. The summed E-state index contributed by atoms with van der Waals surface area (Å²) in [6.07, 6.45) is 6.86. The number of likely N-dealkylation sites (tertiary alicyclic amines) is 2. The Hall–Kier alpha value is -1.15. The molecule has 4 heterocycles. The molecule has 7 nitrogen and oxygen atoms in total. The molecule has 3 unspecified atom stereocenters. The average molecular weight is 435 g/mol. The fourth-order valence-corrected chi connectivity index (χ4v) is 5.89. The van der Waals surface area contributed by atoms with E-state index in [4.69, 9.17) is 14.2 Å². The van der Waals surface area contributed by atoms with Crippen molar-refractivity contribution >= 4 is 6.09 Å². The van der Waals surface area contributed by atoms with Crippen LogP contribution in [0.1, 0.15) is 52.9 Å². The number of aliphatic hydroxyl groups excluding tert-OH is 1. The number of hydrogen-bond acceptors (Lipinski definition) is 6. The highest BCUT2D eigenvalue weighted by molar-refractivity contribution is 5.68. The molecule has 1 N–H and O–H groups in total. The maximum atomic E-state index is 12.7. The van der Waals surface area contributed by atoms with Crippen LogP contribution in [0.5, 0.6) is 0 Å². The maximum absolute atomic E-state index is 12.7. The monoisotopic (exact) mass is 434 g/mol. The van der Waals surface area contributed by atoms with Crippen molar-refractivity contribution in [1.29, 1.82) is 0 Å². The number of hydrogen-bond donors (Lipinski definition) is 1. The van der Waals surface area contributed by atoms with Gasteiger partial charge in [-0.1, -0.05) is 11.6 Å². The van der Waals surface area contributed by atoms with Gasteiger partial charge < -0.3 is 24.2 Å². The maximum Gasteiger partial charge on any atom is 0.410 e. The summed E-state index contributed by atoms with van der Waals surface area (Å²) in [4.78, 5) is 16.8. The van der Waals surface area contributed by atoms with Crippen molar-refractivity contribution in [2.45, 2.75) is 82.4 Å². The summed E-state index contributed by atoms with van der Waals surface area (Å²) in [5.41, 5.74) is 1.10. The van der Waals surface area contributed by atoms with Crippen molar-refractivity contribution in [3.05, 3.63) is 11.6 Å². The van der Waals surface area contributed by atoms with Crippen LogP contribution in [0.3, 0.4) is 0 Å². The first-order chi connectivity index (χ1) is 14.8. The Labute approximate surface area is 185 Å². The van der Waals surface area contributed by atoms with Gasteiger partial charge >= 0.3 is 6.09 Å². The highest BCUT2D eigenvalue weighted by Crippen LogP contribution is 2.59. The highest BCUT2D eigenvalue weighted by atomic mass is 16.6. The largest absolute Gasteiger partial charge is 0.446 e. The lowest BCUT2D eigenvalue weighted by Crippen LogP contribution is -2.55. The molecule has 4 aliphatic heterocycles. The molecule has 1 aliphatic carbocycles. The summed E-state index contributed by atoms with van der Waals surface area (Å²) in [6.45, 7) is 11.5. The van der Waals surface area contributed by atoms with Gasteiger partial charge in [0.2, 0.25) is 0 Å². The van der Waals surface area contributed by atoms with Crippen LogP contribution in [0, 0.1) is 11.8 Å². The van der Waals surface area contributed by atoms with Gasteiger partial charge in [-0.3, -0.25) is 4.90 Å². The molecule has 1 amide bonds. The fraction of sp³-hybridized carbons (Fsp3) is 0.875. The van der Waals surface area contributed by atoms with E-state index in [0.29, 0.717) is 5.92 Å². The summed E-state index contributed by atoms with van der Waals surface area (Å²) in [7, 11) is 0. The lowest BCUT2D eigenvalue weighted by Gasteiger charge is -2.43. The van der Waals surface area contributed by atoms with E-state index in [9.17, 15) is 9.90 Å². The van der Waals surface area contributed by atoms with Crippen LogP contribution in [0.4, 0.5) is 4.79 Å². The lowest BCUT2D eigenvalue weighted by molar-refractivity contribution is -0.0279. The van der Waals surface area contributed by atoms with E-state index in [-0.39, 0.29) is 41.5 Å². The Morgan fingerprint density at radius 2 is 2.00 bits per heavy atom. The van der Waals surface area contributed by atoms with Gasteiger partial charge in [0, 0.05) is 32.1 Å². The molecule has 5 aliphatic rings. The summed E-state index contributed by atoms with van der Waals surface area (Å²) in [5.74, 6) is 0.847. The molecular weight excluding hydrogens is 396 g/mol. The Kier molecular flexibility index (Phi) is 5.60.